The van der Waals surface area contributed by atoms with E-state index in [2.05, 4.69) is 16.0 Å². The summed E-state index contributed by atoms with van der Waals surface area (Å²) in [5, 5.41) is 8.08. The third kappa shape index (κ3) is 7.09. The molecule has 1 heterocycles. The molecule has 1 aliphatic rings. The molecule has 0 unspecified atom stereocenters. The van der Waals surface area contributed by atoms with Gasteiger partial charge in [-0.1, -0.05) is 24.3 Å². The molecule has 2 aromatic carbocycles. The molecule has 0 spiro atoms. The molecule has 0 bridgehead atoms. The number of urea groups is 1. The Balaban J connectivity index is 1.34. The van der Waals surface area contributed by atoms with Gasteiger partial charge in [0, 0.05) is 38.3 Å². The lowest BCUT2D eigenvalue weighted by molar-refractivity contribution is -0.120. The van der Waals surface area contributed by atoms with E-state index in [4.69, 9.17) is 0 Å². The molecular formula is C23H27FN4O3. The highest BCUT2D eigenvalue weighted by atomic mass is 19.1. The monoisotopic (exact) mass is 426 g/mol. The highest BCUT2D eigenvalue weighted by Gasteiger charge is 2.19. The predicted molar refractivity (Wildman–Crippen MR) is 115 cm³/mol. The van der Waals surface area contributed by atoms with Crippen LogP contribution in [0.15, 0.2) is 48.5 Å². The van der Waals surface area contributed by atoms with Gasteiger partial charge in [0.15, 0.2) is 0 Å². The fourth-order valence-corrected chi connectivity index (χ4v) is 3.43. The largest absolute Gasteiger partial charge is 0.354 e. The summed E-state index contributed by atoms with van der Waals surface area (Å²) in [4.78, 5) is 38.2. The number of nitrogens with zero attached hydrogens (tertiary/aromatic N) is 1. The Kier molecular flexibility index (Phi) is 7.98. The van der Waals surface area contributed by atoms with E-state index >= 15 is 0 Å². The van der Waals surface area contributed by atoms with Crippen LogP contribution in [0.5, 0.6) is 0 Å². The number of halogens is 1. The second kappa shape index (κ2) is 11.1. The zero-order chi connectivity index (χ0) is 22.1. The van der Waals surface area contributed by atoms with Crippen molar-refractivity contribution in [2.75, 3.05) is 26.2 Å². The van der Waals surface area contributed by atoms with Crippen LogP contribution in [0.3, 0.4) is 0 Å². The predicted octanol–water partition coefficient (Wildman–Crippen LogP) is 2.22. The van der Waals surface area contributed by atoms with Crippen LogP contribution in [0, 0.1) is 5.82 Å². The van der Waals surface area contributed by atoms with Gasteiger partial charge in [0.2, 0.25) is 5.91 Å². The number of carbonyl (C=O) groups is 3. The van der Waals surface area contributed by atoms with E-state index in [0.29, 0.717) is 17.7 Å². The summed E-state index contributed by atoms with van der Waals surface area (Å²) in [7, 11) is 0. The van der Waals surface area contributed by atoms with Crippen molar-refractivity contribution in [1.29, 1.82) is 0 Å². The first-order chi connectivity index (χ1) is 15.0. The zero-order valence-electron chi connectivity index (χ0n) is 17.3. The van der Waals surface area contributed by atoms with Gasteiger partial charge in [0.25, 0.3) is 5.91 Å². The lowest BCUT2D eigenvalue weighted by atomic mass is 10.1. The number of hydrogen-bond acceptors (Lipinski definition) is 3. The maximum Gasteiger partial charge on any atom is 0.315 e. The van der Waals surface area contributed by atoms with E-state index in [-0.39, 0.29) is 43.2 Å². The average molecular weight is 426 g/mol. The van der Waals surface area contributed by atoms with Crippen molar-refractivity contribution in [3.8, 4) is 0 Å². The summed E-state index contributed by atoms with van der Waals surface area (Å²) in [6.45, 7) is 2.40. The number of benzene rings is 2. The quantitative estimate of drug-likeness (QED) is 0.566. The molecule has 0 radical (unpaired) electrons. The number of likely N-dealkylation sites (tertiary alicyclic amines) is 1. The molecule has 1 aliphatic heterocycles. The van der Waals surface area contributed by atoms with Gasteiger partial charge in [-0.25, -0.2) is 9.18 Å². The van der Waals surface area contributed by atoms with Crippen LogP contribution in [0.2, 0.25) is 0 Å². The van der Waals surface area contributed by atoms with E-state index in [9.17, 15) is 18.8 Å². The van der Waals surface area contributed by atoms with Crippen molar-refractivity contribution in [1.82, 2.24) is 20.9 Å². The van der Waals surface area contributed by atoms with Gasteiger partial charge >= 0.3 is 6.03 Å². The summed E-state index contributed by atoms with van der Waals surface area (Å²) >= 11 is 0. The van der Waals surface area contributed by atoms with Crippen molar-refractivity contribution in [3.05, 3.63) is 71.0 Å². The Morgan fingerprint density at radius 1 is 0.871 bits per heavy atom. The number of carbonyl (C=O) groups excluding carboxylic acids is 3. The zero-order valence-corrected chi connectivity index (χ0v) is 17.3. The van der Waals surface area contributed by atoms with Crippen molar-refractivity contribution in [2.45, 2.75) is 25.8 Å². The highest BCUT2D eigenvalue weighted by molar-refractivity contribution is 5.94. The summed E-state index contributed by atoms with van der Waals surface area (Å²) in [5.41, 5.74) is 2.06. The number of hydrogen-bond donors (Lipinski definition) is 3. The van der Waals surface area contributed by atoms with Crippen molar-refractivity contribution < 1.29 is 18.8 Å². The van der Waals surface area contributed by atoms with Crippen LogP contribution >= 0.6 is 0 Å². The summed E-state index contributed by atoms with van der Waals surface area (Å²) < 4.78 is 13.1. The molecule has 31 heavy (non-hydrogen) atoms. The first-order valence-electron chi connectivity index (χ1n) is 10.4. The molecule has 0 saturated carbocycles. The van der Waals surface area contributed by atoms with E-state index in [1.165, 1.54) is 12.1 Å². The van der Waals surface area contributed by atoms with Gasteiger partial charge in [-0.15, -0.1) is 0 Å². The van der Waals surface area contributed by atoms with E-state index in [1.54, 1.807) is 24.3 Å². The second-order valence-corrected chi connectivity index (χ2v) is 7.47. The molecular weight excluding hydrogens is 399 g/mol. The van der Waals surface area contributed by atoms with E-state index < -0.39 is 0 Å². The van der Waals surface area contributed by atoms with Gasteiger partial charge in [-0.05, 0) is 48.2 Å². The third-order valence-electron chi connectivity index (χ3n) is 5.01. The minimum atomic E-state index is -0.380. The molecule has 1 saturated heterocycles. The molecule has 3 rings (SSSR count). The summed E-state index contributed by atoms with van der Waals surface area (Å²) in [6, 6.07) is 12.8. The Morgan fingerprint density at radius 3 is 2.35 bits per heavy atom. The van der Waals surface area contributed by atoms with E-state index in [0.717, 1.165) is 31.5 Å². The Hall–Kier alpha value is -3.42. The van der Waals surface area contributed by atoms with Gasteiger partial charge in [0.05, 0.1) is 6.42 Å². The third-order valence-corrected chi connectivity index (χ3v) is 5.01. The second-order valence-electron chi connectivity index (χ2n) is 7.47. The van der Waals surface area contributed by atoms with Gasteiger partial charge in [-0.2, -0.15) is 0 Å². The number of nitrogens with one attached hydrogen (secondary N) is 3. The Morgan fingerprint density at radius 2 is 1.58 bits per heavy atom. The van der Waals surface area contributed by atoms with Crippen LogP contribution in [0.25, 0.3) is 0 Å². The fourth-order valence-electron chi connectivity index (χ4n) is 3.43. The van der Waals surface area contributed by atoms with Gasteiger partial charge in [0.1, 0.15) is 5.82 Å². The molecule has 7 nitrogen and oxygen atoms in total. The normalized spacial score (nSPS) is 13.0. The van der Waals surface area contributed by atoms with Crippen LogP contribution in [-0.2, 0) is 17.8 Å². The van der Waals surface area contributed by atoms with Crippen LogP contribution in [-0.4, -0.2) is 48.9 Å². The van der Waals surface area contributed by atoms with Crippen LogP contribution in [0.4, 0.5) is 9.18 Å². The maximum absolute atomic E-state index is 13.1. The first kappa shape index (κ1) is 22.3. The summed E-state index contributed by atoms with van der Waals surface area (Å²) in [5.74, 6) is -0.598. The molecule has 8 heteroatoms. The molecule has 0 aromatic heterocycles. The topological polar surface area (TPSA) is 90.5 Å². The summed E-state index contributed by atoms with van der Waals surface area (Å²) in [6.07, 6.45) is 2.16. The molecule has 0 atom stereocenters. The standard InChI is InChI=1S/C23H27FN4O3/c24-20-8-4-5-17(14-20)15-21(29)25-9-10-26-23(31)27-16-18-6-3-7-19(13-18)22(30)28-11-1-2-12-28/h3-8,13-14H,1-2,9-12,15-16H2,(H,25,29)(H2,26,27,31). The number of rotatable bonds is 8. The molecule has 1 fully saturated rings. The smallest absolute Gasteiger partial charge is 0.315 e. The minimum absolute atomic E-state index is 0.0257. The fraction of sp³-hybridized carbons (Fsp3) is 0.348. The van der Waals surface area contributed by atoms with Crippen molar-refractivity contribution in [3.63, 3.8) is 0 Å². The average Bonchev–Trinajstić information content (AvgIpc) is 3.30. The molecule has 2 aromatic rings. The highest BCUT2D eigenvalue weighted by Crippen LogP contribution is 2.14. The molecule has 0 aliphatic carbocycles. The van der Waals surface area contributed by atoms with Crippen molar-refractivity contribution in [2.24, 2.45) is 0 Å². The minimum Gasteiger partial charge on any atom is -0.354 e. The first-order valence-corrected chi connectivity index (χ1v) is 10.4. The van der Waals surface area contributed by atoms with Crippen molar-refractivity contribution >= 4 is 17.8 Å². The Labute approximate surface area is 181 Å². The SMILES string of the molecule is O=C(Cc1cccc(F)c1)NCCNC(=O)NCc1cccc(C(=O)N2CCCC2)c1. The van der Waals surface area contributed by atoms with Crippen LogP contribution < -0.4 is 16.0 Å². The van der Waals surface area contributed by atoms with Gasteiger partial charge < -0.3 is 20.9 Å². The number of amides is 4. The van der Waals surface area contributed by atoms with E-state index in [1.807, 2.05) is 17.0 Å². The maximum atomic E-state index is 13.1. The Bertz CT molecular complexity index is 929. The molecule has 4 amide bonds. The molecule has 164 valence electrons. The lowest BCUT2D eigenvalue weighted by Crippen LogP contribution is -2.40. The lowest BCUT2D eigenvalue weighted by Gasteiger charge is -2.15. The van der Waals surface area contributed by atoms with Crippen LogP contribution in [0.1, 0.15) is 34.3 Å². The molecule has 3 N–H and O–H groups in total. The van der Waals surface area contributed by atoms with Gasteiger partial charge in [-0.3, -0.25) is 9.59 Å².